The van der Waals surface area contributed by atoms with Gasteiger partial charge in [-0.2, -0.15) is 11.8 Å². The predicted octanol–water partition coefficient (Wildman–Crippen LogP) is 2.70. The fraction of sp³-hybridized carbons (Fsp3) is 0.500. The fourth-order valence-corrected chi connectivity index (χ4v) is 4.98. The van der Waals surface area contributed by atoms with Crippen molar-refractivity contribution < 1.29 is 0 Å². The molecule has 3 nitrogen and oxygen atoms in total. The number of fused-ring (bicyclic) bond motifs is 2. The van der Waals surface area contributed by atoms with Crippen LogP contribution in [0.25, 0.3) is 0 Å². The number of nitrogens with zero attached hydrogens (tertiary/aromatic N) is 1. The van der Waals surface area contributed by atoms with E-state index in [4.69, 9.17) is 11.5 Å². The fourth-order valence-electron chi connectivity index (χ4n) is 3.65. The van der Waals surface area contributed by atoms with Crippen molar-refractivity contribution in [1.29, 1.82) is 0 Å². The van der Waals surface area contributed by atoms with Gasteiger partial charge in [0.25, 0.3) is 0 Å². The molecular weight excluding hydrogens is 266 g/mol. The van der Waals surface area contributed by atoms with Gasteiger partial charge < -0.3 is 11.5 Å². The molecule has 0 aromatic heterocycles. The lowest BCUT2D eigenvalue weighted by Crippen LogP contribution is -2.53. The van der Waals surface area contributed by atoms with Crippen molar-refractivity contribution in [2.24, 2.45) is 0 Å². The second-order valence-electron chi connectivity index (χ2n) is 5.85. The highest BCUT2D eigenvalue weighted by atomic mass is 32.2. The van der Waals surface area contributed by atoms with Gasteiger partial charge in [-0.15, -0.1) is 6.58 Å². The summed E-state index contributed by atoms with van der Waals surface area (Å²) >= 11 is 2.09. The van der Waals surface area contributed by atoms with Crippen molar-refractivity contribution in [3.63, 3.8) is 0 Å². The highest BCUT2D eigenvalue weighted by molar-refractivity contribution is 7.99. The Bertz CT molecular complexity index is 488. The normalized spacial score (nSPS) is 30.1. The van der Waals surface area contributed by atoms with Gasteiger partial charge in [0, 0.05) is 30.1 Å². The van der Waals surface area contributed by atoms with Crippen LogP contribution in [0.2, 0.25) is 0 Å². The molecule has 2 bridgehead atoms. The quantitative estimate of drug-likeness (QED) is 0.663. The standard InChI is InChI=1S/C16H23N3S/c1-2-6-19-12-7-11(8-13(19)10-20-9-12)14-4-3-5-15(17)16(14)18/h2-5,11-13H,1,6-10,17-18H2. The Balaban J connectivity index is 1.84. The third kappa shape index (κ3) is 2.42. The van der Waals surface area contributed by atoms with Gasteiger partial charge in [0.15, 0.2) is 0 Å². The molecule has 2 saturated heterocycles. The molecule has 108 valence electrons. The van der Waals surface area contributed by atoms with E-state index >= 15 is 0 Å². The zero-order valence-corrected chi connectivity index (χ0v) is 12.6. The molecule has 2 fully saturated rings. The van der Waals surface area contributed by atoms with Gasteiger partial charge in [0.05, 0.1) is 11.4 Å². The van der Waals surface area contributed by atoms with E-state index in [-0.39, 0.29) is 0 Å². The van der Waals surface area contributed by atoms with Crippen LogP contribution in [0.4, 0.5) is 11.4 Å². The Kier molecular flexibility index (Phi) is 3.94. The predicted molar refractivity (Wildman–Crippen MR) is 89.0 cm³/mol. The summed E-state index contributed by atoms with van der Waals surface area (Å²) in [7, 11) is 0. The Hall–Kier alpha value is -1.13. The Morgan fingerprint density at radius 1 is 1.25 bits per heavy atom. The average molecular weight is 289 g/mol. The number of piperidine rings is 1. The molecule has 0 amide bonds. The van der Waals surface area contributed by atoms with Crippen LogP contribution < -0.4 is 11.5 Å². The van der Waals surface area contributed by atoms with Crippen LogP contribution in [0.15, 0.2) is 30.9 Å². The van der Waals surface area contributed by atoms with Gasteiger partial charge in [-0.3, -0.25) is 4.90 Å². The molecule has 0 radical (unpaired) electrons. The van der Waals surface area contributed by atoms with E-state index in [9.17, 15) is 0 Å². The second-order valence-corrected chi connectivity index (χ2v) is 6.92. The summed E-state index contributed by atoms with van der Waals surface area (Å²) in [5, 5.41) is 0. The van der Waals surface area contributed by atoms with E-state index in [0.717, 1.165) is 17.9 Å². The minimum atomic E-state index is 0.551. The van der Waals surface area contributed by atoms with Crippen molar-refractivity contribution in [2.75, 3.05) is 29.5 Å². The minimum absolute atomic E-state index is 0.551. The van der Waals surface area contributed by atoms with Crippen LogP contribution in [-0.2, 0) is 0 Å². The molecule has 4 N–H and O–H groups in total. The van der Waals surface area contributed by atoms with Crippen LogP contribution >= 0.6 is 11.8 Å². The maximum Gasteiger partial charge on any atom is 0.0583 e. The van der Waals surface area contributed by atoms with Gasteiger partial charge >= 0.3 is 0 Å². The third-order valence-electron chi connectivity index (χ3n) is 4.63. The average Bonchev–Trinajstić information content (AvgIpc) is 2.42. The maximum absolute atomic E-state index is 6.20. The molecule has 2 unspecified atom stereocenters. The topological polar surface area (TPSA) is 55.3 Å². The lowest BCUT2D eigenvalue weighted by Gasteiger charge is -2.48. The molecule has 0 aliphatic carbocycles. The summed E-state index contributed by atoms with van der Waals surface area (Å²) in [5.74, 6) is 3.00. The van der Waals surface area contributed by atoms with Crippen LogP contribution in [-0.4, -0.2) is 35.0 Å². The zero-order chi connectivity index (χ0) is 14.1. The lowest BCUT2D eigenvalue weighted by molar-refractivity contribution is 0.104. The first-order valence-corrected chi connectivity index (χ1v) is 8.44. The molecule has 20 heavy (non-hydrogen) atoms. The lowest BCUT2D eigenvalue weighted by atomic mass is 9.81. The first kappa shape index (κ1) is 13.8. The van der Waals surface area contributed by atoms with Gasteiger partial charge in [-0.05, 0) is 30.4 Å². The van der Waals surface area contributed by atoms with Gasteiger partial charge in [0.2, 0.25) is 0 Å². The molecule has 0 spiro atoms. The molecular formula is C16H23N3S. The summed E-state index contributed by atoms with van der Waals surface area (Å²) in [4.78, 5) is 2.63. The van der Waals surface area contributed by atoms with E-state index in [1.165, 1.54) is 29.9 Å². The van der Waals surface area contributed by atoms with Crippen LogP contribution in [0.1, 0.15) is 24.3 Å². The van der Waals surface area contributed by atoms with Crippen molar-refractivity contribution in [3.05, 3.63) is 36.4 Å². The van der Waals surface area contributed by atoms with Crippen LogP contribution in [0.5, 0.6) is 0 Å². The Morgan fingerprint density at radius 3 is 2.60 bits per heavy atom. The molecule has 2 aliphatic heterocycles. The van der Waals surface area contributed by atoms with Crippen LogP contribution in [0, 0.1) is 0 Å². The SMILES string of the molecule is C=CCN1C2CSCC1CC(c1cccc(N)c1N)C2. The number of para-hydroxylation sites is 1. The van der Waals surface area contributed by atoms with E-state index in [1.807, 2.05) is 18.2 Å². The smallest absolute Gasteiger partial charge is 0.0583 e. The van der Waals surface area contributed by atoms with Gasteiger partial charge in [-0.1, -0.05) is 18.2 Å². The maximum atomic E-state index is 6.20. The summed E-state index contributed by atoms with van der Waals surface area (Å²) in [6.07, 6.45) is 4.40. The van der Waals surface area contributed by atoms with E-state index in [1.54, 1.807) is 0 Å². The number of nitrogens with two attached hydrogens (primary N) is 2. The first-order valence-electron chi connectivity index (χ1n) is 7.29. The summed E-state index contributed by atoms with van der Waals surface area (Å²) in [6, 6.07) is 7.37. The minimum Gasteiger partial charge on any atom is -0.397 e. The van der Waals surface area contributed by atoms with Gasteiger partial charge in [-0.25, -0.2) is 0 Å². The number of thioether (sulfide) groups is 1. The zero-order valence-electron chi connectivity index (χ0n) is 11.8. The summed E-state index contributed by atoms with van der Waals surface area (Å²) in [6.45, 7) is 4.91. The number of anilines is 2. The number of rotatable bonds is 3. The van der Waals surface area contributed by atoms with Crippen molar-refractivity contribution in [3.8, 4) is 0 Å². The molecule has 0 saturated carbocycles. The number of nitrogen functional groups attached to an aromatic ring is 2. The molecule has 1 aromatic rings. The van der Waals surface area contributed by atoms with Crippen LogP contribution in [0.3, 0.4) is 0 Å². The first-order chi connectivity index (χ1) is 9.70. The molecule has 2 atom stereocenters. The van der Waals surface area contributed by atoms with Gasteiger partial charge in [0.1, 0.15) is 0 Å². The molecule has 3 rings (SSSR count). The van der Waals surface area contributed by atoms with E-state index < -0.39 is 0 Å². The van der Waals surface area contributed by atoms with E-state index in [0.29, 0.717) is 18.0 Å². The van der Waals surface area contributed by atoms with Crippen molar-refractivity contribution >= 4 is 23.1 Å². The largest absolute Gasteiger partial charge is 0.397 e. The number of hydrogen-bond donors (Lipinski definition) is 2. The van der Waals surface area contributed by atoms with Crippen molar-refractivity contribution in [1.82, 2.24) is 4.90 Å². The molecule has 4 heteroatoms. The highest BCUT2D eigenvalue weighted by Crippen LogP contribution is 2.42. The molecule has 2 heterocycles. The summed E-state index contributed by atoms with van der Waals surface area (Å²) < 4.78 is 0. The molecule has 1 aromatic carbocycles. The monoisotopic (exact) mass is 289 g/mol. The number of benzene rings is 1. The number of hydrogen-bond acceptors (Lipinski definition) is 4. The molecule has 2 aliphatic rings. The Labute approximate surface area is 125 Å². The Morgan fingerprint density at radius 2 is 1.95 bits per heavy atom. The second kappa shape index (κ2) is 5.70. The summed E-state index contributed by atoms with van der Waals surface area (Å²) in [5.41, 5.74) is 14.9. The highest BCUT2D eigenvalue weighted by Gasteiger charge is 2.38. The van der Waals surface area contributed by atoms with E-state index in [2.05, 4.69) is 29.3 Å². The van der Waals surface area contributed by atoms with Crippen molar-refractivity contribution in [2.45, 2.75) is 30.8 Å². The third-order valence-corrected chi connectivity index (χ3v) is 5.87.